The van der Waals surface area contributed by atoms with E-state index < -0.39 is 0 Å². The van der Waals surface area contributed by atoms with Crippen molar-refractivity contribution in [1.29, 1.82) is 0 Å². The van der Waals surface area contributed by atoms with Gasteiger partial charge in [-0.25, -0.2) is 9.97 Å². The number of aromatic amines is 1. The highest BCUT2D eigenvalue weighted by Gasteiger charge is 2.12. The van der Waals surface area contributed by atoms with Gasteiger partial charge in [0.05, 0.1) is 21.6 Å². The molecule has 0 aliphatic rings. The van der Waals surface area contributed by atoms with Gasteiger partial charge in [-0.05, 0) is 24.3 Å². The van der Waals surface area contributed by atoms with Crippen molar-refractivity contribution in [1.82, 2.24) is 15.0 Å². The molecule has 0 aliphatic heterocycles. The van der Waals surface area contributed by atoms with Crippen LogP contribution in [0.3, 0.4) is 0 Å². The van der Waals surface area contributed by atoms with Crippen LogP contribution in [0.15, 0.2) is 43.1 Å². The third-order valence-corrected chi connectivity index (χ3v) is 3.41. The van der Waals surface area contributed by atoms with Gasteiger partial charge in [0, 0.05) is 17.8 Å². The summed E-state index contributed by atoms with van der Waals surface area (Å²) in [7, 11) is 0. The summed E-state index contributed by atoms with van der Waals surface area (Å²) in [6.45, 7) is 4.29. The molecule has 3 aromatic rings. The Kier molecular flexibility index (Phi) is 3.82. The zero-order valence-corrected chi connectivity index (χ0v) is 12.5. The molecule has 4 nitrogen and oxygen atoms in total. The predicted molar refractivity (Wildman–Crippen MR) is 88.0 cm³/mol. The molecule has 0 amide bonds. The van der Waals surface area contributed by atoms with Crippen molar-refractivity contribution in [2.75, 3.05) is 11.9 Å². The molecule has 0 aliphatic carbocycles. The minimum Gasteiger partial charge on any atom is -0.366 e. The van der Waals surface area contributed by atoms with Gasteiger partial charge in [0.2, 0.25) is 0 Å². The number of imidazole rings is 1. The second-order valence-corrected chi connectivity index (χ2v) is 5.34. The predicted octanol–water partition coefficient (Wildman–Crippen LogP) is 4.53. The fourth-order valence-corrected chi connectivity index (χ4v) is 2.37. The molecule has 2 aromatic heterocycles. The summed E-state index contributed by atoms with van der Waals surface area (Å²) in [6, 6.07) is 7.33. The Balaban J connectivity index is 2.11. The number of pyridine rings is 1. The Morgan fingerprint density at radius 2 is 2.10 bits per heavy atom. The van der Waals surface area contributed by atoms with E-state index in [9.17, 15) is 0 Å². The van der Waals surface area contributed by atoms with E-state index in [1.165, 1.54) is 0 Å². The second kappa shape index (κ2) is 5.76. The third-order valence-electron chi connectivity index (χ3n) is 2.97. The largest absolute Gasteiger partial charge is 0.366 e. The summed E-state index contributed by atoms with van der Waals surface area (Å²) in [6.07, 6.45) is 3.36. The number of nitrogens with zero attached hydrogens (tertiary/aromatic N) is 2. The highest BCUT2D eigenvalue weighted by atomic mass is 35.5. The lowest BCUT2D eigenvalue weighted by atomic mass is 10.2. The number of halogens is 2. The normalized spacial score (nSPS) is 10.8. The first-order valence-corrected chi connectivity index (χ1v) is 7.09. The van der Waals surface area contributed by atoms with Gasteiger partial charge < -0.3 is 10.3 Å². The number of benzene rings is 1. The van der Waals surface area contributed by atoms with E-state index in [2.05, 4.69) is 26.8 Å². The maximum atomic E-state index is 6.05. The van der Waals surface area contributed by atoms with Crippen molar-refractivity contribution < 1.29 is 0 Å². The average molecular weight is 319 g/mol. The molecule has 0 unspecified atom stereocenters. The molecule has 1 aromatic carbocycles. The first kappa shape index (κ1) is 13.9. The van der Waals surface area contributed by atoms with E-state index in [1.54, 1.807) is 12.3 Å². The van der Waals surface area contributed by atoms with E-state index in [4.69, 9.17) is 23.2 Å². The van der Waals surface area contributed by atoms with Crippen LogP contribution in [0, 0.1) is 0 Å². The van der Waals surface area contributed by atoms with E-state index in [1.807, 2.05) is 24.3 Å². The molecule has 0 atom stereocenters. The van der Waals surface area contributed by atoms with Crippen LogP contribution < -0.4 is 5.32 Å². The molecule has 106 valence electrons. The van der Waals surface area contributed by atoms with Crippen LogP contribution in [0.4, 0.5) is 5.82 Å². The molecule has 3 rings (SSSR count). The van der Waals surface area contributed by atoms with Crippen LogP contribution in [0.2, 0.25) is 10.0 Å². The molecule has 21 heavy (non-hydrogen) atoms. The highest BCUT2D eigenvalue weighted by molar-refractivity contribution is 6.31. The van der Waals surface area contributed by atoms with Gasteiger partial charge in [0.25, 0.3) is 0 Å². The van der Waals surface area contributed by atoms with Crippen molar-refractivity contribution in [2.24, 2.45) is 0 Å². The number of hydrogen-bond donors (Lipinski definition) is 2. The fraction of sp³-hybridized carbons (Fsp3) is 0.0667. The fourth-order valence-electron chi connectivity index (χ4n) is 2.04. The quantitative estimate of drug-likeness (QED) is 0.695. The van der Waals surface area contributed by atoms with Crippen molar-refractivity contribution >= 4 is 40.1 Å². The van der Waals surface area contributed by atoms with Gasteiger partial charge in [0.1, 0.15) is 11.6 Å². The first-order valence-electron chi connectivity index (χ1n) is 6.33. The number of nitrogens with one attached hydrogen (secondary N) is 2. The monoisotopic (exact) mass is 318 g/mol. The van der Waals surface area contributed by atoms with Crippen molar-refractivity contribution in [3.8, 4) is 11.4 Å². The highest BCUT2D eigenvalue weighted by Crippen LogP contribution is 2.29. The summed E-state index contributed by atoms with van der Waals surface area (Å²) in [5, 5.41) is 4.38. The van der Waals surface area contributed by atoms with Gasteiger partial charge in [-0.15, -0.1) is 6.58 Å². The van der Waals surface area contributed by atoms with Crippen molar-refractivity contribution in [3.05, 3.63) is 53.2 Å². The third kappa shape index (κ3) is 2.86. The maximum Gasteiger partial charge on any atom is 0.142 e. The standard InChI is InChI=1S/C15H12Cl2N4/c1-2-5-18-14-11(6-10(17)8-19-14)15-20-12-4-3-9(16)7-13(12)21-15/h2-4,6-8H,1,5H2,(H,18,19)(H,20,21). The van der Waals surface area contributed by atoms with Crippen molar-refractivity contribution in [2.45, 2.75) is 0 Å². The van der Waals surface area contributed by atoms with Gasteiger partial charge in [-0.2, -0.15) is 0 Å². The first-order chi connectivity index (χ1) is 10.2. The number of fused-ring (bicyclic) bond motifs is 1. The molecule has 2 heterocycles. The second-order valence-electron chi connectivity index (χ2n) is 4.47. The van der Waals surface area contributed by atoms with Crippen LogP contribution in [-0.2, 0) is 0 Å². The summed E-state index contributed by atoms with van der Waals surface area (Å²) < 4.78 is 0. The molecule has 0 bridgehead atoms. The zero-order chi connectivity index (χ0) is 14.8. The number of rotatable bonds is 4. The Labute approximate surface area is 131 Å². The van der Waals surface area contributed by atoms with Crippen LogP contribution in [-0.4, -0.2) is 21.5 Å². The molecule has 0 saturated carbocycles. The molecular formula is C15H12Cl2N4. The molecule has 0 fully saturated rings. The summed E-state index contributed by atoms with van der Waals surface area (Å²) in [4.78, 5) is 12.1. The number of H-pyrrole nitrogens is 1. The molecule has 0 radical (unpaired) electrons. The Morgan fingerprint density at radius 3 is 2.90 bits per heavy atom. The lowest BCUT2D eigenvalue weighted by Crippen LogP contribution is -2.02. The molecular weight excluding hydrogens is 307 g/mol. The molecule has 2 N–H and O–H groups in total. The zero-order valence-electron chi connectivity index (χ0n) is 11.0. The molecule has 0 spiro atoms. The summed E-state index contributed by atoms with van der Waals surface area (Å²) in [5.74, 6) is 1.39. The lowest BCUT2D eigenvalue weighted by molar-refractivity contribution is 1.21. The van der Waals surface area contributed by atoms with Gasteiger partial charge in [-0.1, -0.05) is 29.3 Å². The SMILES string of the molecule is C=CCNc1ncc(Cl)cc1-c1nc2ccc(Cl)cc2[nH]1. The Bertz CT molecular complexity index is 811. The average Bonchev–Trinajstić information content (AvgIpc) is 2.88. The maximum absolute atomic E-state index is 6.05. The van der Waals surface area contributed by atoms with Crippen LogP contribution in [0.5, 0.6) is 0 Å². The van der Waals surface area contributed by atoms with Crippen LogP contribution in [0.1, 0.15) is 0 Å². The Morgan fingerprint density at radius 1 is 1.24 bits per heavy atom. The van der Waals surface area contributed by atoms with Crippen LogP contribution in [0.25, 0.3) is 22.4 Å². The van der Waals surface area contributed by atoms with E-state index in [0.29, 0.717) is 28.2 Å². The Hall–Kier alpha value is -2.04. The summed E-state index contributed by atoms with van der Waals surface area (Å²) in [5.41, 5.74) is 2.51. The lowest BCUT2D eigenvalue weighted by Gasteiger charge is -2.07. The topological polar surface area (TPSA) is 53.6 Å². The number of anilines is 1. The van der Waals surface area contributed by atoms with Gasteiger partial charge in [0.15, 0.2) is 0 Å². The molecule has 6 heteroatoms. The smallest absolute Gasteiger partial charge is 0.142 e. The number of aromatic nitrogens is 3. The minimum atomic E-state index is 0.549. The number of hydrogen-bond acceptors (Lipinski definition) is 3. The molecule has 0 saturated heterocycles. The minimum absolute atomic E-state index is 0.549. The summed E-state index contributed by atoms with van der Waals surface area (Å²) >= 11 is 12.0. The van der Waals surface area contributed by atoms with E-state index in [-0.39, 0.29) is 0 Å². The van der Waals surface area contributed by atoms with Crippen LogP contribution >= 0.6 is 23.2 Å². The van der Waals surface area contributed by atoms with Crippen molar-refractivity contribution in [3.63, 3.8) is 0 Å². The van der Waals surface area contributed by atoms with Gasteiger partial charge in [-0.3, -0.25) is 0 Å². The van der Waals surface area contributed by atoms with E-state index >= 15 is 0 Å². The van der Waals surface area contributed by atoms with Gasteiger partial charge >= 0.3 is 0 Å². The van der Waals surface area contributed by atoms with E-state index in [0.717, 1.165) is 16.6 Å².